The molecule has 9 aromatic rings. The Morgan fingerprint density at radius 1 is 0.422 bits per heavy atom. The van der Waals surface area contributed by atoms with Crippen molar-refractivity contribution in [3.63, 3.8) is 0 Å². The molecule has 64 heavy (non-hydrogen) atoms. The van der Waals surface area contributed by atoms with Crippen LogP contribution < -0.4 is 0 Å². The van der Waals surface area contributed by atoms with E-state index in [9.17, 15) is 0 Å². The van der Waals surface area contributed by atoms with Gasteiger partial charge in [-0.1, -0.05) is 158 Å². The summed E-state index contributed by atoms with van der Waals surface area (Å²) in [6.07, 6.45) is 23.5. The largest absolute Gasteiger partial charge is 0.309 e. The number of aromatic nitrogens is 2. The maximum Gasteiger partial charge on any atom is 0.0552 e. The molecular formula is C60H42N2S2. The zero-order valence-electron chi connectivity index (χ0n) is 35.0. The van der Waals surface area contributed by atoms with Gasteiger partial charge in [0.25, 0.3) is 0 Å². The molecule has 4 heterocycles. The number of nitrogens with zero attached hydrogens (tertiary/aromatic N) is 2. The van der Waals surface area contributed by atoms with Crippen molar-refractivity contribution in [2.75, 3.05) is 0 Å². The van der Waals surface area contributed by atoms with Gasteiger partial charge >= 0.3 is 0 Å². The third-order valence-electron chi connectivity index (χ3n) is 14.4. The maximum absolute atomic E-state index is 2.57. The lowest BCUT2D eigenvalue weighted by Crippen LogP contribution is -2.18. The number of para-hydroxylation sites is 2. The molecule has 1 fully saturated rings. The van der Waals surface area contributed by atoms with E-state index in [1.165, 1.54) is 93.5 Å². The second kappa shape index (κ2) is 14.4. The number of thioether (sulfide) groups is 2. The maximum atomic E-state index is 2.57. The zero-order valence-corrected chi connectivity index (χ0v) is 36.6. The number of benzene rings is 7. The van der Waals surface area contributed by atoms with Gasteiger partial charge in [-0.15, -0.1) is 23.5 Å². The average molecular weight is 855 g/mol. The number of fused-ring (bicyclic) bond motifs is 14. The minimum atomic E-state index is 0.387. The van der Waals surface area contributed by atoms with Gasteiger partial charge < -0.3 is 9.13 Å². The highest BCUT2D eigenvalue weighted by atomic mass is 32.2. The van der Waals surface area contributed by atoms with E-state index >= 15 is 0 Å². The number of hydrogen-bond acceptors (Lipinski definition) is 2. The van der Waals surface area contributed by atoms with Crippen molar-refractivity contribution in [2.45, 2.75) is 26.6 Å². The summed E-state index contributed by atoms with van der Waals surface area (Å²) in [6, 6.07) is 59.2. The number of rotatable bonds is 5. The van der Waals surface area contributed by atoms with Crippen molar-refractivity contribution >= 4 is 62.3 Å². The monoisotopic (exact) mass is 854 g/mol. The predicted octanol–water partition coefficient (Wildman–Crippen LogP) is 16.0. The molecule has 4 heteroatoms. The highest BCUT2D eigenvalue weighted by molar-refractivity contribution is 8.01. The van der Waals surface area contributed by atoms with Crippen LogP contribution in [-0.2, 0) is 0 Å². The summed E-state index contributed by atoms with van der Waals surface area (Å²) in [7, 11) is 0. The molecule has 2 aliphatic heterocycles. The van der Waals surface area contributed by atoms with Gasteiger partial charge in [-0.2, -0.15) is 0 Å². The van der Waals surface area contributed by atoms with Crippen LogP contribution in [0.3, 0.4) is 0 Å². The summed E-state index contributed by atoms with van der Waals surface area (Å²) in [5, 5.41) is 5.33. The van der Waals surface area contributed by atoms with Crippen LogP contribution in [0.1, 0.15) is 28.0 Å². The van der Waals surface area contributed by atoms with Gasteiger partial charge in [0.1, 0.15) is 0 Å². The Hall–Kier alpha value is -6.72. The second-order valence-corrected chi connectivity index (χ2v) is 20.3. The van der Waals surface area contributed by atoms with Crippen LogP contribution in [0, 0.1) is 11.8 Å². The van der Waals surface area contributed by atoms with Crippen LogP contribution in [-0.4, -0.2) is 19.6 Å². The average Bonchev–Trinajstić information content (AvgIpc) is 4.12. The Bertz CT molecular complexity index is 3490. The van der Waals surface area contributed by atoms with E-state index in [1.807, 2.05) is 11.8 Å². The fourth-order valence-electron chi connectivity index (χ4n) is 11.5. The van der Waals surface area contributed by atoms with Crippen LogP contribution in [0.4, 0.5) is 0 Å². The molecule has 5 aliphatic rings. The van der Waals surface area contributed by atoms with E-state index in [1.54, 1.807) is 0 Å². The molecule has 0 N–H and O–H groups in total. The summed E-state index contributed by atoms with van der Waals surface area (Å²) >= 11 is 4.18. The lowest BCUT2D eigenvalue weighted by molar-refractivity contribution is 0.506. The Morgan fingerprint density at radius 2 is 1.02 bits per heavy atom. The summed E-state index contributed by atoms with van der Waals surface area (Å²) < 4.78 is 5.12. The molecule has 6 unspecified atom stereocenters. The van der Waals surface area contributed by atoms with Gasteiger partial charge in [-0.3, -0.25) is 0 Å². The van der Waals surface area contributed by atoms with Crippen molar-refractivity contribution in [1.29, 1.82) is 0 Å². The third-order valence-corrected chi connectivity index (χ3v) is 17.4. The molecule has 0 saturated carbocycles. The van der Waals surface area contributed by atoms with Gasteiger partial charge in [-0.05, 0) is 105 Å². The van der Waals surface area contributed by atoms with E-state index in [4.69, 9.17) is 0 Å². The molecule has 0 bridgehead atoms. The highest BCUT2D eigenvalue weighted by Gasteiger charge is 2.45. The molecule has 6 atom stereocenters. The van der Waals surface area contributed by atoms with Gasteiger partial charge in [0, 0.05) is 65.9 Å². The Labute approximate surface area is 381 Å². The topological polar surface area (TPSA) is 9.86 Å². The highest BCUT2D eigenvalue weighted by Crippen LogP contribution is 2.59. The molecule has 2 aromatic heterocycles. The van der Waals surface area contributed by atoms with Crippen molar-refractivity contribution < 1.29 is 0 Å². The summed E-state index contributed by atoms with van der Waals surface area (Å²) in [6.45, 7) is 0. The lowest BCUT2D eigenvalue weighted by atomic mass is 9.79. The molecule has 0 radical (unpaired) electrons. The third kappa shape index (κ3) is 5.55. The zero-order chi connectivity index (χ0) is 41.9. The number of allylic oxidation sites excluding steroid dienone is 7. The first-order valence-electron chi connectivity index (χ1n) is 22.6. The standard InChI is InChI=1S/C60H42N2S2/c1-3-15-37(16-4-1)39-31-40(38-17-5-2-6-18-38)33-41(32-39)42-34-43(61-51-23-11-7-21-49(51)57-53(61)29-27-47-45-19-9-13-25-55(45)63-59(47)57)36-44(35-42)62-52-24-12-8-22-50(52)58-54(62)30-28-48-46-20-10-14-26-56(46)64-60(48)58/h1-36,45-47,55-56,59H. The summed E-state index contributed by atoms with van der Waals surface area (Å²) in [5.41, 5.74) is 17.5. The summed E-state index contributed by atoms with van der Waals surface area (Å²) in [5.74, 6) is 1.38. The van der Waals surface area contributed by atoms with Crippen LogP contribution in [0.15, 0.2) is 217 Å². The van der Waals surface area contributed by atoms with E-state index in [2.05, 4.69) is 239 Å². The molecular weight excluding hydrogens is 813 g/mol. The number of hydrogen-bond donors (Lipinski definition) is 0. The molecule has 2 nitrogen and oxygen atoms in total. The quantitative estimate of drug-likeness (QED) is 0.171. The van der Waals surface area contributed by atoms with Crippen molar-refractivity contribution in [3.8, 4) is 44.8 Å². The Morgan fingerprint density at radius 3 is 1.77 bits per heavy atom. The molecule has 7 aromatic carbocycles. The van der Waals surface area contributed by atoms with Gasteiger partial charge in [-0.25, -0.2) is 0 Å². The molecule has 1 saturated heterocycles. The molecule has 304 valence electrons. The van der Waals surface area contributed by atoms with Crippen LogP contribution in [0.25, 0.3) is 83.5 Å². The van der Waals surface area contributed by atoms with E-state index in [0.29, 0.717) is 33.5 Å². The van der Waals surface area contributed by atoms with Gasteiger partial charge in [0.2, 0.25) is 0 Å². The Kier molecular flexibility index (Phi) is 8.27. The first-order chi connectivity index (χ1) is 31.7. The first kappa shape index (κ1) is 36.7. The first-order valence-corrected chi connectivity index (χ1v) is 24.4. The van der Waals surface area contributed by atoms with Crippen molar-refractivity contribution in [3.05, 3.63) is 229 Å². The Balaban J connectivity index is 1.05. The van der Waals surface area contributed by atoms with Crippen LogP contribution in [0.2, 0.25) is 0 Å². The predicted molar refractivity (Wildman–Crippen MR) is 273 cm³/mol. The van der Waals surface area contributed by atoms with Gasteiger partial charge in [0.05, 0.1) is 22.2 Å². The summed E-state index contributed by atoms with van der Waals surface area (Å²) in [4.78, 5) is 1.42. The van der Waals surface area contributed by atoms with Crippen molar-refractivity contribution in [2.24, 2.45) is 11.8 Å². The SMILES string of the molecule is C1=CC2Sc3c(ccc4c3c3ccccc3n4-c3cc(-c4cc(-c5ccccc5)cc(-c5ccccc5)c4)cc(-n4c5c(c6ccccc64)C4SC6C=CC=CC6C4C=C5)c3)C2C=C1. The molecule has 3 aliphatic carbocycles. The molecule has 14 rings (SSSR count). The van der Waals surface area contributed by atoms with E-state index < -0.39 is 0 Å². The smallest absolute Gasteiger partial charge is 0.0552 e. The second-order valence-electron chi connectivity index (χ2n) is 17.8. The fraction of sp³-hybridized carbons (Fsp3) is 0.100. The van der Waals surface area contributed by atoms with Crippen LogP contribution in [0.5, 0.6) is 0 Å². The fourth-order valence-corrected chi connectivity index (χ4v) is 14.8. The lowest BCUT2D eigenvalue weighted by Gasteiger charge is -2.25. The molecule has 0 amide bonds. The normalized spacial score (nSPS) is 22.2. The minimum Gasteiger partial charge on any atom is -0.309 e. The van der Waals surface area contributed by atoms with Crippen LogP contribution >= 0.6 is 23.5 Å². The minimum absolute atomic E-state index is 0.387. The molecule has 0 spiro atoms. The van der Waals surface area contributed by atoms with E-state index in [0.717, 1.165) is 5.69 Å². The van der Waals surface area contributed by atoms with Crippen molar-refractivity contribution in [1.82, 2.24) is 9.13 Å². The van der Waals surface area contributed by atoms with Gasteiger partial charge in [0.15, 0.2) is 0 Å². The van der Waals surface area contributed by atoms with E-state index in [-0.39, 0.29) is 0 Å².